The number of hydrogen-bond acceptors (Lipinski definition) is 9. The van der Waals surface area contributed by atoms with Crippen molar-refractivity contribution in [2.75, 3.05) is 68.1 Å². The molecule has 0 spiro atoms. The van der Waals surface area contributed by atoms with Crippen LogP contribution in [0.1, 0.15) is 24.0 Å². The van der Waals surface area contributed by atoms with Crippen molar-refractivity contribution in [2.45, 2.75) is 19.3 Å². The Balaban J connectivity index is 0.985. The number of carbonyl (C=O) groups is 2. The van der Waals surface area contributed by atoms with Gasteiger partial charge in [-0.15, -0.1) is 0 Å². The van der Waals surface area contributed by atoms with Crippen LogP contribution in [0.2, 0.25) is 0 Å². The molecule has 4 aromatic rings. The molecule has 0 bridgehead atoms. The zero-order valence-corrected chi connectivity index (χ0v) is 32.6. The van der Waals surface area contributed by atoms with Crippen molar-refractivity contribution in [3.63, 3.8) is 0 Å². The van der Waals surface area contributed by atoms with Crippen molar-refractivity contribution in [3.05, 3.63) is 96.1 Å². The van der Waals surface area contributed by atoms with Gasteiger partial charge in [0.05, 0.1) is 17.9 Å². The number of amides is 3. The molecule has 14 nitrogen and oxygen atoms in total. The first kappa shape index (κ1) is 40.7. The van der Waals surface area contributed by atoms with Gasteiger partial charge in [-0.2, -0.15) is 9.98 Å². The number of nitrogens with one attached hydrogen (secondary N) is 6. The molecule has 0 heterocycles. The molecular weight excluding hydrogens is 749 g/mol. The summed E-state index contributed by atoms with van der Waals surface area (Å²) in [5, 5.41) is 19.8. The first-order chi connectivity index (χ1) is 27.1. The molecular formula is C40H42N10O4S2. The molecule has 0 fully saturated rings. The Morgan fingerprint density at radius 1 is 0.661 bits per heavy atom. The van der Waals surface area contributed by atoms with E-state index in [-0.39, 0.29) is 18.5 Å². The number of rotatable bonds is 16. The summed E-state index contributed by atoms with van der Waals surface area (Å²) in [5.41, 5.74) is 8.63. The molecule has 6 N–H and O–H groups in total. The molecule has 0 unspecified atom stereocenters. The number of likely N-dealkylation sites (N-methyl/N-ethyl adjacent to an activating group) is 1. The van der Waals surface area contributed by atoms with Crippen molar-refractivity contribution in [1.82, 2.24) is 20.4 Å². The van der Waals surface area contributed by atoms with Crippen LogP contribution in [0.5, 0.6) is 0 Å². The quantitative estimate of drug-likeness (QED) is 0.0288. The van der Waals surface area contributed by atoms with E-state index in [1.165, 1.54) is 34.4 Å². The fourth-order valence-electron chi connectivity index (χ4n) is 5.95. The SMILES string of the molecule is CN(CCCNC(=S)Nc1ccc2c(c1)Cc1cc(NC(=S)NCCCN(C)C(=O)Nc3cccc(N=C=O)c3)ccc1-2)C(=O)CNc1cccc(N=C=O)c1. The average molecular weight is 791 g/mol. The molecule has 288 valence electrons. The number of isocyanates is 2. The Labute approximate surface area is 335 Å². The zero-order valence-electron chi connectivity index (χ0n) is 31.0. The minimum atomic E-state index is -0.274. The number of fused-ring (bicyclic) bond motifs is 3. The van der Waals surface area contributed by atoms with Crippen molar-refractivity contribution >= 4 is 92.9 Å². The number of urea groups is 1. The van der Waals surface area contributed by atoms with Crippen LogP contribution in [-0.2, 0) is 20.8 Å². The molecule has 0 radical (unpaired) electrons. The summed E-state index contributed by atoms with van der Waals surface area (Å²) in [7, 11) is 3.46. The van der Waals surface area contributed by atoms with E-state index in [0.29, 0.717) is 72.0 Å². The Bertz CT molecular complexity index is 2190. The number of nitrogens with zero attached hydrogens (tertiary/aromatic N) is 4. The molecule has 0 atom stereocenters. The van der Waals surface area contributed by atoms with Gasteiger partial charge in [-0.25, -0.2) is 14.4 Å². The lowest BCUT2D eigenvalue weighted by atomic mass is 10.1. The molecule has 0 saturated carbocycles. The second kappa shape index (κ2) is 20.3. The molecule has 3 amide bonds. The van der Waals surface area contributed by atoms with Crippen LogP contribution in [-0.4, -0.2) is 90.9 Å². The number of anilines is 4. The van der Waals surface area contributed by atoms with E-state index in [2.05, 4.69) is 66.2 Å². The molecule has 0 aromatic heterocycles. The molecule has 0 aliphatic heterocycles. The van der Waals surface area contributed by atoms with Gasteiger partial charge < -0.3 is 41.7 Å². The topological polar surface area (TPSA) is 172 Å². The fourth-order valence-corrected chi connectivity index (χ4v) is 6.39. The predicted molar refractivity (Wildman–Crippen MR) is 229 cm³/mol. The summed E-state index contributed by atoms with van der Waals surface area (Å²) in [5.74, 6) is -0.0650. The van der Waals surface area contributed by atoms with Crippen LogP contribution < -0.4 is 31.9 Å². The monoisotopic (exact) mass is 790 g/mol. The van der Waals surface area contributed by atoms with Crippen molar-refractivity contribution in [2.24, 2.45) is 9.98 Å². The van der Waals surface area contributed by atoms with Gasteiger partial charge in [0.2, 0.25) is 18.1 Å². The minimum Gasteiger partial charge on any atom is -0.376 e. The van der Waals surface area contributed by atoms with Gasteiger partial charge in [0.1, 0.15) is 0 Å². The Kier molecular flexibility index (Phi) is 14.8. The molecule has 4 aromatic carbocycles. The molecule has 1 aliphatic carbocycles. The highest BCUT2D eigenvalue weighted by atomic mass is 32.1. The van der Waals surface area contributed by atoms with Crippen LogP contribution in [0.4, 0.5) is 38.9 Å². The molecule has 0 saturated heterocycles. The number of hydrogen-bond donors (Lipinski definition) is 6. The van der Waals surface area contributed by atoms with Gasteiger partial charge in [-0.1, -0.05) is 24.3 Å². The lowest BCUT2D eigenvalue weighted by Gasteiger charge is -2.18. The molecule has 1 aliphatic rings. The third-order valence-corrected chi connectivity index (χ3v) is 9.31. The number of carbonyl (C=O) groups excluding carboxylic acids is 4. The predicted octanol–water partition coefficient (Wildman–Crippen LogP) is 6.28. The second-order valence-corrected chi connectivity index (χ2v) is 13.7. The normalized spacial score (nSPS) is 10.7. The standard InChI is InChI=1S/C40H42N10O4S2/c1-49(37(53)24-43-29-7-3-8-30(22-29)44-25-51)17-5-15-41-38(55)46-33-11-13-35-27(20-33)19-28-21-34(12-14-36(28)35)47-39(56)42-16-6-18-50(2)40(54)48-32-10-4-9-31(23-32)45-26-52/h3-4,7-14,20-23,43H,5-6,15-19,24H2,1-2H3,(H,48,54)(H2,41,46,55)(H2,42,47,56). The Morgan fingerprint density at radius 3 is 1.71 bits per heavy atom. The third-order valence-electron chi connectivity index (χ3n) is 8.82. The third kappa shape index (κ3) is 12.0. The molecule has 56 heavy (non-hydrogen) atoms. The van der Waals surface area contributed by atoms with Gasteiger partial charge in [0.15, 0.2) is 10.2 Å². The lowest BCUT2D eigenvalue weighted by molar-refractivity contribution is -0.128. The summed E-state index contributed by atoms with van der Waals surface area (Å²) in [6.07, 6.45) is 5.15. The van der Waals surface area contributed by atoms with Crippen LogP contribution in [0.15, 0.2) is 94.9 Å². The molecule has 5 rings (SSSR count). The summed E-state index contributed by atoms with van der Waals surface area (Å²) in [6, 6.07) is 25.7. The van der Waals surface area contributed by atoms with E-state index < -0.39 is 0 Å². The Hall–Kier alpha value is -6.44. The van der Waals surface area contributed by atoms with Gasteiger partial charge in [-0.3, -0.25) is 4.79 Å². The van der Waals surface area contributed by atoms with Crippen molar-refractivity contribution in [1.29, 1.82) is 0 Å². The Morgan fingerprint density at radius 2 is 1.16 bits per heavy atom. The van der Waals surface area contributed by atoms with Crippen LogP contribution in [0, 0.1) is 0 Å². The lowest BCUT2D eigenvalue weighted by Crippen LogP contribution is -2.35. The number of thiocarbonyl (C=S) groups is 2. The van der Waals surface area contributed by atoms with E-state index in [0.717, 1.165) is 17.8 Å². The average Bonchev–Trinajstić information content (AvgIpc) is 3.54. The fraction of sp³-hybridized carbons (Fsp3) is 0.250. The van der Waals surface area contributed by atoms with E-state index in [4.69, 9.17) is 24.4 Å². The highest BCUT2D eigenvalue weighted by Gasteiger charge is 2.20. The van der Waals surface area contributed by atoms with E-state index >= 15 is 0 Å². The van der Waals surface area contributed by atoms with Crippen molar-refractivity contribution in [3.8, 4) is 11.1 Å². The summed E-state index contributed by atoms with van der Waals surface area (Å²) >= 11 is 11.1. The second-order valence-electron chi connectivity index (χ2n) is 12.9. The first-order valence-corrected chi connectivity index (χ1v) is 18.6. The van der Waals surface area contributed by atoms with Gasteiger partial charge in [0.25, 0.3) is 0 Å². The number of benzene rings is 4. The highest BCUT2D eigenvalue weighted by Crippen LogP contribution is 2.39. The maximum atomic E-state index is 12.6. The highest BCUT2D eigenvalue weighted by molar-refractivity contribution is 7.80. The van der Waals surface area contributed by atoms with E-state index in [1.54, 1.807) is 72.4 Å². The maximum Gasteiger partial charge on any atom is 0.321 e. The van der Waals surface area contributed by atoms with Crippen molar-refractivity contribution < 1.29 is 19.2 Å². The van der Waals surface area contributed by atoms with Gasteiger partial charge in [-0.05, 0) is 127 Å². The van der Waals surface area contributed by atoms with E-state index in [1.807, 2.05) is 12.1 Å². The van der Waals surface area contributed by atoms with Crippen LogP contribution in [0.3, 0.4) is 0 Å². The largest absolute Gasteiger partial charge is 0.376 e. The number of aliphatic imine (C=N–C) groups is 2. The van der Waals surface area contributed by atoms with Crippen LogP contribution in [0.25, 0.3) is 11.1 Å². The van der Waals surface area contributed by atoms with E-state index in [9.17, 15) is 19.2 Å². The maximum absolute atomic E-state index is 12.6. The van der Waals surface area contributed by atoms with Crippen LogP contribution >= 0.6 is 24.4 Å². The summed E-state index contributed by atoms with van der Waals surface area (Å²) in [4.78, 5) is 56.5. The molecule has 16 heteroatoms. The van der Waals surface area contributed by atoms with Gasteiger partial charge in [0, 0.05) is 63.0 Å². The minimum absolute atomic E-state index is 0.0650. The summed E-state index contributed by atoms with van der Waals surface area (Å²) in [6.45, 7) is 2.34. The smallest absolute Gasteiger partial charge is 0.321 e. The zero-order chi connectivity index (χ0) is 39.9. The first-order valence-electron chi connectivity index (χ1n) is 17.8. The van der Waals surface area contributed by atoms with Gasteiger partial charge >= 0.3 is 6.03 Å². The summed E-state index contributed by atoms with van der Waals surface area (Å²) < 4.78 is 0.